The maximum atomic E-state index is 10.8. The number of rotatable bonds is 16. The molecule has 0 aliphatic carbocycles. The Kier molecular flexibility index (Phi) is 4.44. The monoisotopic (exact) mass is 434 g/mol. The molecule has 166 valence electrons. The normalized spacial score (nSPS) is 25.3. The Morgan fingerprint density at radius 3 is 2.67 bits per heavy atom. The molecule has 2 aromatic carbocycles. The van der Waals surface area contributed by atoms with E-state index in [9.17, 15) is 15.3 Å². The van der Waals surface area contributed by atoms with Crippen LogP contribution in [0.2, 0.25) is 0 Å². The van der Waals surface area contributed by atoms with Crippen LogP contribution in [0.1, 0.15) is 87.2 Å². The van der Waals surface area contributed by atoms with Gasteiger partial charge in [-0.2, -0.15) is 0 Å². The van der Waals surface area contributed by atoms with Crippen molar-refractivity contribution in [1.82, 2.24) is 5.32 Å². The molecule has 4 N–H and O–H groups in total. The van der Waals surface area contributed by atoms with Crippen LogP contribution in [0.5, 0.6) is 5.75 Å². The van der Waals surface area contributed by atoms with E-state index in [1.54, 1.807) is 0 Å². The maximum absolute atomic E-state index is 10.8. The van der Waals surface area contributed by atoms with Crippen molar-refractivity contribution in [3.8, 4) is 5.75 Å². The molecule has 1 unspecified atom stereocenters. The third kappa shape index (κ3) is 9.72. The van der Waals surface area contributed by atoms with E-state index in [2.05, 4.69) is 0 Å². The molecule has 0 amide bonds. The van der Waals surface area contributed by atoms with Crippen LogP contribution < -0.4 is 5.32 Å². The summed E-state index contributed by atoms with van der Waals surface area (Å²) in [6.07, 6.45) is -18.8. The number of nitrogens with one attached hydrogen (secondary N) is 1. The van der Waals surface area contributed by atoms with Crippen LogP contribution in [0.4, 0.5) is 0 Å². The van der Waals surface area contributed by atoms with Gasteiger partial charge in [-0.3, -0.25) is 0 Å². The molecule has 5 heteroatoms. The van der Waals surface area contributed by atoms with Gasteiger partial charge < -0.3 is 25.4 Å². The topological polar surface area (TPSA) is 82.0 Å². The highest BCUT2D eigenvalue weighted by molar-refractivity contribution is 5.36. The summed E-state index contributed by atoms with van der Waals surface area (Å²) in [5.41, 5.74) is -1.70. The molecule has 0 fully saturated rings. The van der Waals surface area contributed by atoms with E-state index < -0.39 is 99.3 Å². The SMILES string of the molecule is [2H]c1c([2H])c(C(O)C([2H])([2H])NC([2H])([2H])C([2H])([2H])C([2H])([2H])C([2H])([2H])C([2H])([2H])C([2H])([2H])OCCCCc2ccccc2)c([2H])c(C([2H])([2H])O)c1O. The van der Waals surface area contributed by atoms with Crippen molar-refractivity contribution in [2.75, 3.05) is 26.2 Å². The highest BCUT2D eigenvalue weighted by Gasteiger charge is 2.09. The Morgan fingerprint density at radius 2 is 1.87 bits per heavy atom. The van der Waals surface area contributed by atoms with Gasteiger partial charge in [-0.05, 0) is 61.7 Å². The number of benzene rings is 2. The summed E-state index contributed by atoms with van der Waals surface area (Å²) in [6, 6.07) is 5.16. The number of aliphatic hydroxyl groups is 2. The van der Waals surface area contributed by atoms with Gasteiger partial charge >= 0.3 is 0 Å². The second kappa shape index (κ2) is 15.0. The lowest BCUT2D eigenvalue weighted by atomic mass is 10.1. The van der Waals surface area contributed by atoms with Crippen LogP contribution in [0.3, 0.4) is 0 Å². The summed E-state index contributed by atoms with van der Waals surface area (Å²) in [5.74, 6) is -1.40. The van der Waals surface area contributed by atoms with E-state index in [1.165, 1.54) is 5.32 Å². The highest BCUT2D eigenvalue weighted by atomic mass is 16.5. The maximum Gasteiger partial charge on any atom is 0.121 e. The third-order valence-corrected chi connectivity index (χ3v) is 3.65. The minimum atomic E-state index is -4.36. The minimum absolute atomic E-state index is 0.165. The van der Waals surface area contributed by atoms with Gasteiger partial charge in [0, 0.05) is 41.7 Å². The Hall–Kier alpha value is -1.92. The zero-order valence-corrected chi connectivity index (χ0v) is 16.0. The van der Waals surface area contributed by atoms with Gasteiger partial charge in [-0.1, -0.05) is 49.1 Å². The lowest BCUT2D eigenvalue weighted by molar-refractivity contribution is 0.126. The molecule has 0 saturated carbocycles. The number of hydrogen-bond donors (Lipinski definition) is 4. The van der Waals surface area contributed by atoms with Crippen molar-refractivity contribution < 1.29 is 46.1 Å². The number of hydrogen-bond acceptors (Lipinski definition) is 5. The van der Waals surface area contributed by atoms with Crippen LogP contribution in [-0.2, 0) is 17.7 Å². The predicted molar refractivity (Wildman–Crippen MR) is 121 cm³/mol. The van der Waals surface area contributed by atoms with Gasteiger partial charge in [-0.15, -0.1) is 0 Å². The van der Waals surface area contributed by atoms with Gasteiger partial charge in [0.1, 0.15) is 5.75 Å². The molecule has 30 heavy (non-hydrogen) atoms. The molecule has 2 aromatic rings. The molecule has 0 aliphatic heterocycles. The van der Waals surface area contributed by atoms with Crippen molar-refractivity contribution in [3.05, 3.63) is 65.1 Å². The summed E-state index contributed by atoms with van der Waals surface area (Å²) in [7, 11) is 0. The van der Waals surface area contributed by atoms with E-state index in [1.807, 2.05) is 30.3 Å². The molecule has 2 rings (SSSR count). The number of aryl methyl sites for hydroxylation is 1. The molecular weight excluding hydrogens is 378 g/mol. The molecule has 5 nitrogen and oxygen atoms in total. The van der Waals surface area contributed by atoms with Crippen LogP contribution in [0, 0.1) is 0 Å². The van der Waals surface area contributed by atoms with Gasteiger partial charge in [0.2, 0.25) is 0 Å². The van der Waals surface area contributed by atoms with E-state index in [-0.39, 0.29) is 6.42 Å². The van der Waals surface area contributed by atoms with Crippen molar-refractivity contribution in [2.45, 2.75) is 57.4 Å². The Bertz CT molecular complexity index is 1460. The number of phenols is 1. The van der Waals surface area contributed by atoms with E-state index in [4.69, 9.17) is 30.8 Å². The highest BCUT2D eigenvalue weighted by Crippen LogP contribution is 2.22. The molecular formula is C25H37NO4. The van der Waals surface area contributed by atoms with Gasteiger partial charge in [0.15, 0.2) is 0 Å². The first-order valence-corrected chi connectivity index (χ1v) is 9.04. The molecule has 0 heterocycles. The summed E-state index contributed by atoms with van der Waals surface area (Å²) >= 11 is 0. The smallest absolute Gasteiger partial charge is 0.121 e. The molecule has 0 saturated heterocycles. The van der Waals surface area contributed by atoms with Gasteiger partial charge in [0.25, 0.3) is 0 Å². The molecule has 1 atom stereocenters. The van der Waals surface area contributed by atoms with E-state index in [0.717, 1.165) is 5.56 Å². The number of aromatic hydroxyl groups is 1. The zero-order chi connectivity index (χ0) is 38.4. The third-order valence-electron chi connectivity index (χ3n) is 3.65. The second-order valence-electron chi connectivity index (χ2n) is 5.81. The predicted octanol–water partition coefficient (Wildman–Crippen LogP) is 4.11. The quantitative estimate of drug-likeness (QED) is 0.299. The molecule has 0 aliphatic rings. The fourth-order valence-corrected chi connectivity index (χ4v) is 2.19. The first-order chi connectivity index (χ1) is 21.8. The average molecular weight is 435 g/mol. The van der Waals surface area contributed by atoms with Gasteiger partial charge in [-0.25, -0.2) is 0 Å². The molecule has 0 bridgehead atoms. The lowest BCUT2D eigenvalue weighted by Gasteiger charge is -2.14. The minimum Gasteiger partial charge on any atom is -0.508 e. The van der Waals surface area contributed by atoms with Crippen LogP contribution in [0.25, 0.3) is 0 Å². The van der Waals surface area contributed by atoms with Crippen LogP contribution in [-0.4, -0.2) is 41.5 Å². The second-order valence-corrected chi connectivity index (χ2v) is 5.81. The van der Waals surface area contributed by atoms with Crippen molar-refractivity contribution in [1.29, 1.82) is 0 Å². The van der Waals surface area contributed by atoms with Crippen molar-refractivity contribution in [3.63, 3.8) is 0 Å². The van der Waals surface area contributed by atoms with Crippen molar-refractivity contribution in [2.24, 2.45) is 0 Å². The lowest BCUT2D eigenvalue weighted by Crippen LogP contribution is -2.22. The van der Waals surface area contributed by atoms with Crippen LogP contribution >= 0.6 is 0 Å². The number of ether oxygens (including phenoxy) is 1. The first kappa shape index (κ1) is 8.91. The number of aliphatic hydroxyl groups excluding tert-OH is 1. The fraction of sp³-hybridized carbons (Fsp3) is 0.520. The zero-order valence-electron chi connectivity index (χ0n) is 35.0. The standard InChI is InChI=1S/C25H37NO4/c27-20-23-18-22(13-14-24(23)28)25(29)19-26-15-7-1-2-8-16-30-17-9-6-12-21-10-4-3-5-11-21/h3-5,10-11,13-14,18,25-29H,1-2,6-9,12,15-17,19-20H2/i1D2,2D2,7D2,8D2,13D,14D,15D2,16D2,18D,19D2,20D2. The van der Waals surface area contributed by atoms with E-state index >= 15 is 0 Å². The summed E-state index contributed by atoms with van der Waals surface area (Å²) < 4.78 is 158. The Labute approximate surface area is 207 Å². The summed E-state index contributed by atoms with van der Waals surface area (Å²) in [6.45, 7) is -15.5. The first-order valence-electron chi connectivity index (χ1n) is 18.5. The van der Waals surface area contributed by atoms with Crippen LogP contribution in [0.15, 0.2) is 48.5 Å². The molecule has 0 aromatic heterocycles. The summed E-state index contributed by atoms with van der Waals surface area (Å²) in [4.78, 5) is 0. The van der Waals surface area contributed by atoms with Gasteiger partial charge in [0.05, 0.1) is 22.3 Å². The Balaban J connectivity index is 2.40. The fourth-order valence-electron chi connectivity index (χ4n) is 2.19. The largest absolute Gasteiger partial charge is 0.508 e. The molecule has 0 radical (unpaired) electrons. The van der Waals surface area contributed by atoms with Crippen molar-refractivity contribution >= 4 is 0 Å². The molecule has 0 spiro atoms. The number of unbranched alkanes of at least 4 members (excludes halogenated alkanes) is 1. The average Bonchev–Trinajstić information content (AvgIpc) is 2.94. The summed E-state index contributed by atoms with van der Waals surface area (Å²) in [5, 5.41) is 31.9. The Morgan fingerprint density at radius 1 is 1.07 bits per heavy atom. The van der Waals surface area contributed by atoms with E-state index in [0.29, 0.717) is 12.8 Å².